The van der Waals surface area contributed by atoms with Crippen LogP contribution in [0.2, 0.25) is 0 Å². The van der Waals surface area contributed by atoms with Crippen LogP contribution in [0.15, 0.2) is 0 Å². The molecule has 0 aromatic carbocycles. The van der Waals surface area contributed by atoms with E-state index in [2.05, 4.69) is 34.6 Å². The summed E-state index contributed by atoms with van der Waals surface area (Å²) in [6.07, 6.45) is 1.84. The third-order valence-corrected chi connectivity index (χ3v) is 10.3. The molecule has 0 radical (unpaired) electrons. The van der Waals surface area contributed by atoms with E-state index in [1.54, 1.807) is 0 Å². The summed E-state index contributed by atoms with van der Waals surface area (Å²) in [5.74, 6) is 1.21. The van der Waals surface area contributed by atoms with Crippen LogP contribution in [0.4, 0.5) is 0 Å². The summed E-state index contributed by atoms with van der Waals surface area (Å²) in [5, 5.41) is 42.9. The van der Waals surface area contributed by atoms with Gasteiger partial charge in [-0.1, -0.05) is 41.0 Å². The Morgan fingerprint density at radius 3 is 2.26 bits per heavy atom. The van der Waals surface area contributed by atoms with Crippen molar-refractivity contribution in [3.05, 3.63) is 0 Å². The molecule has 0 aromatic rings. The summed E-state index contributed by atoms with van der Waals surface area (Å²) >= 11 is 0. The first kappa shape index (κ1) is 23.9. The molecule has 3 aliphatic carbocycles. The van der Waals surface area contributed by atoms with Crippen LogP contribution in [0.3, 0.4) is 0 Å². The maximum absolute atomic E-state index is 12.0. The van der Waals surface area contributed by atoms with Crippen LogP contribution in [0, 0.1) is 40.4 Å². The summed E-state index contributed by atoms with van der Waals surface area (Å²) in [6.45, 7) is 11.6. The molecule has 2 unspecified atom stereocenters. The Kier molecular flexibility index (Phi) is 6.33. The lowest BCUT2D eigenvalue weighted by Gasteiger charge is -2.61. The number of hydrogen-bond acceptors (Lipinski definition) is 6. The van der Waals surface area contributed by atoms with Crippen molar-refractivity contribution in [1.29, 1.82) is 0 Å². The zero-order valence-corrected chi connectivity index (χ0v) is 20.0. The molecule has 6 nitrogen and oxygen atoms in total. The molecule has 4 N–H and O–H groups in total. The lowest BCUT2D eigenvalue weighted by atomic mass is 9.47. The standard InChI is InChI=1S/C25H44O6/c1-14-6-7-16-12-18-15(2)8-11-25(29,24(18,5)10-9-17(14)23(16,3)4)31-21-20(27)19(26)13-30-22(21)28/h14-22,26-29H,6-13H2,1-5H3/t14-,15-,16+,17+,18-,19-,20+,21-,22?,24+,25?/m1/s1. The molecule has 180 valence electrons. The van der Waals surface area contributed by atoms with Gasteiger partial charge in [0, 0.05) is 11.8 Å². The Morgan fingerprint density at radius 1 is 0.871 bits per heavy atom. The highest BCUT2D eigenvalue weighted by molar-refractivity contribution is 5.06. The number of aliphatic hydroxyl groups excluding tert-OH is 3. The van der Waals surface area contributed by atoms with Crippen LogP contribution in [0.25, 0.3) is 0 Å². The third kappa shape index (κ3) is 3.79. The molecule has 6 heteroatoms. The second-order valence-corrected chi connectivity index (χ2v) is 12.1. The molecule has 4 aliphatic rings. The van der Waals surface area contributed by atoms with Crippen molar-refractivity contribution in [3.63, 3.8) is 0 Å². The SMILES string of the molecule is C[C@@H]1CCC(O)(O[C@H]2C(O)OC[C@@H](O)[C@@H]2O)[C@@]2(C)CC[C@H]3[C@H](C)CC[C@@H](C[C@H]12)C3(C)C. The zero-order chi connectivity index (χ0) is 22.8. The first-order valence-corrected chi connectivity index (χ1v) is 12.5. The summed E-state index contributed by atoms with van der Waals surface area (Å²) < 4.78 is 11.4. The van der Waals surface area contributed by atoms with E-state index in [-0.39, 0.29) is 6.61 Å². The maximum Gasteiger partial charge on any atom is 0.184 e. The van der Waals surface area contributed by atoms with E-state index < -0.39 is 35.8 Å². The molecule has 2 bridgehead atoms. The second kappa shape index (κ2) is 8.21. The number of fused-ring (bicyclic) bond motifs is 3. The minimum atomic E-state index is -1.48. The Morgan fingerprint density at radius 2 is 1.55 bits per heavy atom. The smallest absolute Gasteiger partial charge is 0.184 e. The van der Waals surface area contributed by atoms with Gasteiger partial charge < -0.3 is 29.9 Å². The molecule has 11 atom stereocenters. The number of aliphatic hydroxyl groups is 4. The molecular weight excluding hydrogens is 396 g/mol. The predicted molar refractivity (Wildman–Crippen MR) is 117 cm³/mol. The maximum atomic E-state index is 12.0. The van der Waals surface area contributed by atoms with Gasteiger partial charge in [0.2, 0.25) is 0 Å². The fourth-order valence-electron chi connectivity index (χ4n) is 7.94. The Hall–Kier alpha value is -0.240. The molecule has 0 aromatic heterocycles. The Labute approximate surface area is 187 Å². The summed E-state index contributed by atoms with van der Waals surface area (Å²) in [7, 11) is 0. The topological polar surface area (TPSA) is 99.4 Å². The molecule has 1 saturated heterocycles. The van der Waals surface area contributed by atoms with Gasteiger partial charge in [0.25, 0.3) is 0 Å². The van der Waals surface area contributed by atoms with Gasteiger partial charge in [-0.3, -0.25) is 0 Å². The normalized spacial score (nSPS) is 55.1. The van der Waals surface area contributed by atoms with Gasteiger partial charge in [0.05, 0.1) is 6.61 Å². The van der Waals surface area contributed by atoms with Gasteiger partial charge in [-0.15, -0.1) is 0 Å². The van der Waals surface area contributed by atoms with Crippen molar-refractivity contribution < 1.29 is 29.9 Å². The molecular formula is C25H44O6. The van der Waals surface area contributed by atoms with Crippen molar-refractivity contribution in [2.75, 3.05) is 6.61 Å². The second-order valence-electron chi connectivity index (χ2n) is 12.1. The monoisotopic (exact) mass is 440 g/mol. The van der Waals surface area contributed by atoms with Crippen molar-refractivity contribution >= 4 is 0 Å². The van der Waals surface area contributed by atoms with Gasteiger partial charge in [0.15, 0.2) is 12.1 Å². The average molecular weight is 441 g/mol. The van der Waals surface area contributed by atoms with Crippen molar-refractivity contribution in [3.8, 4) is 0 Å². The number of ether oxygens (including phenoxy) is 2. The Bertz CT molecular complexity index is 654. The lowest BCUT2D eigenvalue weighted by Crippen LogP contribution is -2.64. The third-order valence-electron chi connectivity index (χ3n) is 10.3. The van der Waals surface area contributed by atoms with Crippen LogP contribution in [0.5, 0.6) is 0 Å². The molecule has 31 heavy (non-hydrogen) atoms. The molecule has 0 amide bonds. The van der Waals surface area contributed by atoms with E-state index in [9.17, 15) is 20.4 Å². The van der Waals surface area contributed by atoms with E-state index in [4.69, 9.17) is 9.47 Å². The summed E-state index contributed by atoms with van der Waals surface area (Å²) in [4.78, 5) is 0. The molecule has 3 saturated carbocycles. The van der Waals surface area contributed by atoms with E-state index in [0.717, 1.165) is 25.7 Å². The first-order valence-electron chi connectivity index (χ1n) is 12.5. The molecule has 1 heterocycles. The van der Waals surface area contributed by atoms with Crippen molar-refractivity contribution in [2.24, 2.45) is 40.4 Å². The van der Waals surface area contributed by atoms with Gasteiger partial charge in [-0.2, -0.15) is 0 Å². The fourth-order valence-corrected chi connectivity index (χ4v) is 7.94. The van der Waals surface area contributed by atoms with E-state index in [1.807, 2.05) is 0 Å². The number of rotatable bonds is 2. The average Bonchev–Trinajstić information content (AvgIpc) is 2.70. The van der Waals surface area contributed by atoms with Crippen molar-refractivity contribution in [1.82, 2.24) is 0 Å². The van der Waals surface area contributed by atoms with Crippen molar-refractivity contribution in [2.45, 2.75) is 110 Å². The Balaban J connectivity index is 1.66. The van der Waals surface area contributed by atoms with Gasteiger partial charge >= 0.3 is 0 Å². The van der Waals surface area contributed by atoms with Crippen LogP contribution >= 0.6 is 0 Å². The minimum absolute atomic E-state index is 0.145. The van der Waals surface area contributed by atoms with Gasteiger partial charge in [0.1, 0.15) is 18.3 Å². The fraction of sp³-hybridized carbons (Fsp3) is 1.00. The highest BCUT2D eigenvalue weighted by Crippen LogP contribution is 2.63. The van der Waals surface area contributed by atoms with Gasteiger partial charge in [-0.05, 0) is 67.1 Å². The largest absolute Gasteiger partial charge is 0.388 e. The van der Waals surface area contributed by atoms with Crippen LogP contribution < -0.4 is 0 Å². The van der Waals surface area contributed by atoms with Crippen LogP contribution in [-0.2, 0) is 9.47 Å². The lowest BCUT2D eigenvalue weighted by molar-refractivity contribution is -0.377. The molecule has 4 rings (SSSR count). The van der Waals surface area contributed by atoms with Gasteiger partial charge in [-0.25, -0.2) is 0 Å². The number of hydrogen-bond donors (Lipinski definition) is 4. The summed E-state index contributed by atoms with van der Waals surface area (Å²) in [5.41, 5.74) is -0.195. The minimum Gasteiger partial charge on any atom is -0.388 e. The predicted octanol–water partition coefficient (Wildman–Crippen LogP) is 3.06. The summed E-state index contributed by atoms with van der Waals surface area (Å²) in [6, 6.07) is 0. The molecule has 1 aliphatic heterocycles. The highest BCUT2D eigenvalue weighted by Gasteiger charge is 2.61. The molecule has 0 spiro atoms. The van der Waals surface area contributed by atoms with E-state index in [1.165, 1.54) is 12.8 Å². The van der Waals surface area contributed by atoms with Crippen LogP contribution in [0.1, 0.15) is 79.6 Å². The molecule has 4 fully saturated rings. The van der Waals surface area contributed by atoms with E-state index in [0.29, 0.717) is 41.4 Å². The van der Waals surface area contributed by atoms with E-state index >= 15 is 0 Å². The first-order chi connectivity index (χ1) is 14.4. The van der Waals surface area contributed by atoms with Crippen LogP contribution in [-0.4, -0.2) is 57.4 Å². The quantitative estimate of drug-likeness (QED) is 0.493. The zero-order valence-electron chi connectivity index (χ0n) is 20.0. The highest BCUT2D eigenvalue weighted by atomic mass is 16.7.